The lowest BCUT2D eigenvalue weighted by Gasteiger charge is -2.23. The van der Waals surface area contributed by atoms with Crippen LogP contribution in [0, 0.1) is 0 Å². The molecule has 1 fully saturated rings. The highest BCUT2D eigenvalue weighted by Crippen LogP contribution is 2.28. The number of carbonyl (C=O) groups excluding carboxylic acids is 2. The third-order valence-corrected chi connectivity index (χ3v) is 7.07. The van der Waals surface area contributed by atoms with Gasteiger partial charge in [0.05, 0.1) is 18.6 Å². The van der Waals surface area contributed by atoms with E-state index in [2.05, 4.69) is 10.3 Å². The summed E-state index contributed by atoms with van der Waals surface area (Å²) in [4.78, 5) is 28.5. The van der Waals surface area contributed by atoms with Crippen molar-refractivity contribution in [2.24, 2.45) is 0 Å². The number of rotatable bonds is 7. The van der Waals surface area contributed by atoms with Crippen molar-refractivity contribution in [1.82, 2.24) is 9.29 Å². The molecule has 2 aromatic rings. The molecule has 0 radical (unpaired) electrons. The van der Waals surface area contributed by atoms with E-state index in [0.29, 0.717) is 18.6 Å². The number of aromatic nitrogens is 1. The lowest BCUT2D eigenvalue weighted by atomic mass is 10.2. The highest BCUT2D eigenvalue weighted by molar-refractivity contribution is 7.89. The fourth-order valence-electron chi connectivity index (χ4n) is 2.99. The molecule has 0 aliphatic carbocycles. The van der Waals surface area contributed by atoms with Crippen molar-refractivity contribution in [1.29, 1.82) is 0 Å². The summed E-state index contributed by atoms with van der Waals surface area (Å²) in [6, 6.07) is 5.17. The largest absolute Gasteiger partial charge is 0.497 e. The van der Waals surface area contributed by atoms with E-state index in [1.54, 1.807) is 19.1 Å². The Balaban J connectivity index is 1.74. The predicted molar refractivity (Wildman–Crippen MR) is 107 cm³/mol. The van der Waals surface area contributed by atoms with Crippen molar-refractivity contribution < 1.29 is 27.5 Å². The van der Waals surface area contributed by atoms with Gasteiger partial charge >= 0.3 is 5.97 Å². The Morgan fingerprint density at radius 2 is 2.03 bits per heavy atom. The summed E-state index contributed by atoms with van der Waals surface area (Å²) < 4.78 is 37.1. The minimum Gasteiger partial charge on any atom is -0.497 e. The summed E-state index contributed by atoms with van der Waals surface area (Å²) in [5.74, 6) is -0.515. The number of esters is 1. The fraction of sp³-hybridized carbons (Fsp3) is 0.389. The molecule has 0 bridgehead atoms. The number of hydrogen-bond acceptors (Lipinski definition) is 8. The van der Waals surface area contributed by atoms with E-state index in [4.69, 9.17) is 9.47 Å². The van der Waals surface area contributed by atoms with Crippen LogP contribution in [-0.4, -0.2) is 55.9 Å². The average molecular weight is 440 g/mol. The van der Waals surface area contributed by atoms with Crippen LogP contribution in [0.4, 0.5) is 5.13 Å². The van der Waals surface area contributed by atoms with Crippen molar-refractivity contribution in [2.75, 3.05) is 25.6 Å². The molecule has 11 heteroatoms. The molecule has 1 atom stereocenters. The SMILES string of the molecule is CCOC(=O)c1csc(NC(=O)C2CCCN2S(=O)(=O)c2ccc(OC)cc2)n1. The standard InChI is InChI=1S/C18H21N3O6S2/c1-3-27-17(23)14-11-28-18(19-14)20-16(22)15-5-4-10-21(15)29(24,25)13-8-6-12(26-2)7-9-13/h6-9,11,15H,3-5,10H2,1-2H3,(H,19,20,22). The molecule has 1 unspecified atom stereocenters. The summed E-state index contributed by atoms with van der Waals surface area (Å²) in [5.41, 5.74) is 0.0984. The summed E-state index contributed by atoms with van der Waals surface area (Å²) in [6.07, 6.45) is 0.969. The van der Waals surface area contributed by atoms with E-state index in [1.165, 1.54) is 28.9 Å². The van der Waals surface area contributed by atoms with Gasteiger partial charge in [0, 0.05) is 11.9 Å². The topological polar surface area (TPSA) is 115 Å². The van der Waals surface area contributed by atoms with Crippen molar-refractivity contribution in [3.05, 3.63) is 35.3 Å². The average Bonchev–Trinajstić information content (AvgIpc) is 3.38. The second kappa shape index (κ2) is 8.89. The number of carbonyl (C=O) groups is 2. The molecule has 3 rings (SSSR count). The number of thiazole rings is 1. The van der Waals surface area contributed by atoms with E-state index in [-0.39, 0.29) is 28.9 Å². The zero-order valence-corrected chi connectivity index (χ0v) is 17.6. The Labute approximate surface area is 172 Å². The van der Waals surface area contributed by atoms with E-state index < -0.39 is 27.9 Å². The van der Waals surface area contributed by atoms with Crippen LogP contribution in [0.1, 0.15) is 30.3 Å². The minimum atomic E-state index is -3.84. The summed E-state index contributed by atoms with van der Waals surface area (Å²) in [6.45, 7) is 2.15. The first-order valence-electron chi connectivity index (χ1n) is 8.96. The molecule has 1 saturated heterocycles. The van der Waals surface area contributed by atoms with Gasteiger partial charge in [-0.3, -0.25) is 4.79 Å². The first-order chi connectivity index (χ1) is 13.9. The maximum atomic E-state index is 13.0. The highest BCUT2D eigenvalue weighted by Gasteiger charge is 2.39. The normalized spacial score (nSPS) is 17.1. The maximum Gasteiger partial charge on any atom is 0.357 e. The van der Waals surface area contributed by atoms with Gasteiger partial charge in [0.15, 0.2) is 10.8 Å². The van der Waals surface area contributed by atoms with Gasteiger partial charge in [-0.05, 0) is 44.0 Å². The van der Waals surface area contributed by atoms with Gasteiger partial charge in [0.1, 0.15) is 11.8 Å². The first-order valence-corrected chi connectivity index (χ1v) is 11.3. The molecular formula is C18H21N3O6S2. The highest BCUT2D eigenvalue weighted by atomic mass is 32.2. The van der Waals surface area contributed by atoms with E-state index in [1.807, 2.05) is 0 Å². The number of methoxy groups -OCH3 is 1. The van der Waals surface area contributed by atoms with E-state index >= 15 is 0 Å². The molecule has 1 aliphatic rings. The van der Waals surface area contributed by atoms with Gasteiger partial charge in [-0.1, -0.05) is 0 Å². The van der Waals surface area contributed by atoms with Crippen LogP contribution in [0.25, 0.3) is 0 Å². The second-order valence-corrected chi connectivity index (χ2v) is 8.95. The van der Waals surface area contributed by atoms with E-state index in [9.17, 15) is 18.0 Å². The Morgan fingerprint density at radius 1 is 1.31 bits per heavy atom. The Bertz CT molecular complexity index is 987. The van der Waals surface area contributed by atoms with Crippen molar-refractivity contribution in [2.45, 2.75) is 30.7 Å². The number of anilines is 1. The lowest BCUT2D eigenvalue weighted by molar-refractivity contribution is -0.119. The lowest BCUT2D eigenvalue weighted by Crippen LogP contribution is -2.43. The summed E-state index contributed by atoms with van der Waals surface area (Å²) in [5, 5.41) is 4.30. The molecule has 1 aromatic carbocycles. The smallest absolute Gasteiger partial charge is 0.357 e. The third-order valence-electron chi connectivity index (χ3n) is 4.39. The first kappa shape index (κ1) is 21.2. The molecule has 0 spiro atoms. The molecule has 1 aromatic heterocycles. The van der Waals surface area contributed by atoms with Crippen molar-refractivity contribution >= 4 is 38.4 Å². The molecular weight excluding hydrogens is 418 g/mol. The number of ether oxygens (including phenoxy) is 2. The third kappa shape index (κ3) is 4.57. The zero-order valence-electron chi connectivity index (χ0n) is 16.0. The quantitative estimate of drug-likeness (QED) is 0.657. The predicted octanol–water partition coefficient (Wildman–Crippen LogP) is 2.12. The van der Waals surface area contributed by atoms with Gasteiger partial charge < -0.3 is 14.8 Å². The van der Waals surface area contributed by atoms with Crippen molar-refractivity contribution in [3.8, 4) is 5.75 Å². The molecule has 156 valence electrons. The summed E-state index contributed by atoms with van der Waals surface area (Å²) in [7, 11) is -2.34. The molecule has 29 heavy (non-hydrogen) atoms. The second-order valence-electron chi connectivity index (χ2n) is 6.20. The number of benzene rings is 1. The minimum absolute atomic E-state index is 0.0943. The molecule has 1 amide bonds. The van der Waals surface area contributed by atoms with Crippen LogP contribution < -0.4 is 10.1 Å². The van der Waals surface area contributed by atoms with Crippen LogP contribution in [0.5, 0.6) is 5.75 Å². The van der Waals surface area contributed by atoms with Gasteiger partial charge in [-0.25, -0.2) is 18.2 Å². The molecule has 1 aliphatic heterocycles. The zero-order chi connectivity index (χ0) is 21.0. The number of nitrogens with zero attached hydrogens (tertiary/aromatic N) is 2. The molecule has 9 nitrogen and oxygen atoms in total. The monoisotopic (exact) mass is 439 g/mol. The molecule has 0 saturated carbocycles. The maximum absolute atomic E-state index is 13.0. The van der Waals surface area contributed by atoms with Gasteiger partial charge in [-0.15, -0.1) is 11.3 Å². The number of sulfonamides is 1. The molecule has 1 N–H and O–H groups in total. The van der Waals surface area contributed by atoms with Gasteiger partial charge in [0.2, 0.25) is 15.9 Å². The Morgan fingerprint density at radius 3 is 2.69 bits per heavy atom. The van der Waals surface area contributed by atoms with Crippen LogP contribution >= 0.6 is 11.3 Å². The Hall–Kier alpha value is -2.50. The fourth-order valence-corrected chi connectivity index (χ4v) is 5.33. The van der Waals surface area contributed by atoms with Gasteiger partial charge in [0.25, 0.3) is 0 Å². The van der Waals surface area contributed by atoms with E-state index in [0.717, 1.165) is 11.3 Å². The molecule has 2 heterocycles. The summed E-state index contributed by atoms with van der Waals surface area (Å²) >= 11 is 1.07. The number of amides is 1. The number of hydrogen-bond donors (Lipinski definition) is 1. The van der Waals surface area contributed by atoms with Crippen LogP contribution in [0.15, 0.2) is 34.5 Å². The number of nitrogens with one attached hydrogen (secondary N) is 1. The Kier molecular flexibility index (Phi) is 6.50. The van der Waals surface area contributed by atoms with Gasteiger partial charge in [-0.2, -0.15) is 4.31 Å². The van der Waals surface area contributed by atoms with Crippen LogP contribution in [0.3, 0.4) is 0 Å². The van der Waals surface area contributed by atoms with Crippen LogP contribution in [0.2, 0.25) is 0 Å². The van der Waals surface area contributed by atoms with Crippen molar-refractivity contribution in [3.63, 3.8) is 0 Å². The van der Waals surface area contributed by atoms with Crippen LogP contribution in [-0.2, 0) is 19.6 Å².